The highest BCUT2D eigenvalue weighted by atomic mass is 16.2. The van der Waals surface area contributed by atoms with Gasteiger partial charge in [0.15, 0.2) is 0 Å². The van der Waals surface area contributed by atoms with Crippen molar-refractivity contribution in [1.82, 2.24) is 10.6 Å². The van der Waals surface area contributed by atoms with Gasteiger partial charge in [0.2, 0.25) is 5.91 Å². The second-order valence-corrected chi connectivity index (χ2v) is 6.03. The van der Waals surface area contributed by atoms with Gasteiger partial charge in [0.1, 0.15) is 0 Å². The van der Waals surface area contributed by atoms with Gasteiger partial charge < -0.3 is 10.6 Å². The van der Waals surface area contributed by atoms with E-state index in [1.807, 2.05) is 0 Å². The van der Waals surface area contributed by atoms with Gasteiger partial charge in [0, 0.05) is 6.54 Å². The summed E-state index contributed by atoms with van der Waals surface area (Å²) < 4.78 is 0. The van der Waals surface area contributed by atoms with Crippen molar-refractivity contribution < 1.29 is 4.79 Å². The smallest absolute Gasteiger partial charge is 0.240 e. The summed E-state index contributed by atoms with van der Waals surface area (Å²) in [4.78, 5) is 12.1. The van der Waals surface area contributed by atoms with Crippen LogP contribution < -0.4 is 10.6 Å². The first kappa shape index (κ1) is 13.5. The predicted octanol–water partition coefficient (Wildman–Crippen LogP) is 2.07. The van der Waals surface area contributed by atoms with Crippen molar-refractivity contribution in [2.45, 2.75) is 58.9 Å². The molecule has 1 rings (SSSR count). The highest BCUT2D eigenvalue weighted by molar-refractivity contribution is 5.86. The number of amides is 1. The Morgan fingerprint density at radius 2 is 2.12 bits per heavy atom. The Labute approximate surface area is 99.4 Å². The van der Waals surface area contributed by atoms with Crippen molar-refractivity contribution in [2.75, 3.05) is 13.1 Å². The fourth-order valence-electron chi connectivity index (χ4n) is 2.18. The summed E-state index contributed by atoms with van der Waals surface area (Å²) in [7, 11) is 0. The Balaban J connectivity index is 2.39. The van der Waals surface area contributed by atoms with Crippen LogP contribution in [-0.4, -0.2) is 24.5 Å². The first-order valence-electron chi connectivity index (χ1n) is 6.43. The standard InChI is InChI=1S/C13H26N2O/c1-5-13(7-6-9-15-13)11(16)14-10-8-12(2,3)4/h15H,5-10H2,1-4H3,(H,14,16). The van der Waals surface area contributed by atoms with Crippen LogP contribution in [0, 0.1) is 5.41 Å². The van der Waals surface area contributed by atoms with Crippen LogP contribution in [0.5, 0.6) is 0 Å². The molecule has 1 saturated heterocycles. The van der Waals surface area contributed by atoms with Crippen molar-refractivity contribution in [3.8, 4) is 0 Å². The van der Waals surface area contributed by atoms with Crippen LogP contribution in [0.3, 0.4) is 0 Å². The molecule has 0 aliphatic carbocycles. The van der Waals surface area contributed by atoms with Gasteiger partial charge in [0.05, 0.1) is 5.54 Å². The second-order valence-electron chi connectivity index (χ2n) is 6.03. The zero-order valence-electron chi connectivity index (χ0n) is 11.2. The zero-order chi connectivity index (χ0) is 12.2. The van der Waals surface area contributed by atoms with Crippen molar-refractivity contribution >= 4 is 5.91 Å². The van der Waals surface area contributed by atoms with Gasteiger partial charge in [-0.3, -0.25) is 4.79 Å². The maximum absolute atomic E-state index is 12.1. The third kappa shape index (κ3) is 3.48. The van der Waals surface area contributed by atoms with Crippen LogP contribution in [-0.2, 0) is 4.79 Å². The molecule has 3 heteroatoms. The molecule has 1 aliphatic rings. The summed E-state index contributed by atoms with van der Waals surface area (Å²) in [6.07, 6.45) is 4.00. The quantitative estimate of drug-likeness (QED) is 0.770. The molecule has 2 N–H and O–H groups in total. The second kappa shape index (κ2) is 5.17. The van der Waals surface area contributed by atoms with E-state index in [-0.39, 0.29) is 16.9 Å². The molecule has 0 aromatic carbocycles. The van der Waals surface area contributed by atoms with Crippen LogP contribution in [0.25, 0.3) is 0 Å². The lowest BCUT2D eigenvalue weighted by atomic mass is 9.91. The molecule has 0 radical (unpaired) electrons. The number of hydrogen-bond donors (Lipinski definition) is 2. The van der Waals surface area contributed by atoms with E-state index in [0.717, 1.165) is 38.8 Å². The number of hydrogen-bond acceptors (Lipinski definition) is 2. The summed E-state index contributed by atoms with van der Waals surface area (Å²) in [5.41, 5.74) is 0.00759. The van der Waals surface area contributed by atoms with E-state index < -0.39 is 0 Å². The summed E-state index contributed by atoms with van der Waals surface area (Å²) >= 11 is 0. The Bertz CT molecular complexity index is 237. The van der Waals surface area contributed by atoms with Crippen LogP contribution in [0.1, 0.15) is 53.4 Å². The third-order valence-corrected chi connectivity index (χ3v) is 3.44. The molecule has 1 unspecified atom stereocenters. The summed E-state index contributed by atoms with van der Waals surface area (Å²) in [5.74, 6) is 0.191. The predicted molar refractivity (Wildman–Crippen MR) is 67.3 cm³/mol. The molecule has 1 heterocycles. The van der Waals surface area contributed by atoms with Crippen LogP contribution >= 0.6 is 0 Å². The minimum absolute atomic E-state index is 0.191. The minimum Gasteiger partial charge on any atom is -0.354 e. The molecular weight excluding hydrogens is 200 g/mol. The van der Waals surface area contributed by atoms with Gasteiger partial charge in [-0.2, -0.15) is 0 Å². The Morgan fingerprint density at radius 3 is 2.56 bits per heavy atom. The van der Waals surface area contributed by atoms with Gasteiger partial charge >= 0.3 is 0 Å². The van der Waals surface area contributed by atoms with E-state index in [1.165, 1.54) is 0 Å². The summed E-state index contributed by atoms with van der Waals surface area (Å²) in [6.45, 7) is 10.4. The van der Waals surface area contributed by atoms with Gasteiger partial charge in [-0.1, -0.05) is 27.7 Å². The number of nitrogens with one attached hydrogen (secondary N) is 2. The average molecular weight is 226 g/mol. The maximum atomic E-state index is 12.1. The molecule has 1 atom stereocenters. The van der Waals surface area contributed by atoms with Crippen molar-refractivity contribution in [3.63, 3.8) is 0 Å². The minimum atomic E-state index is -0.280. The van der Waals surface area contributed by atoms with E-state index >= 15 is 0 Å². The van der Waals surface area contributed by atoms with Crippen LogP contribution in [0.15, 0.2) is 0 Å². The zero-order valence-corrected chi connectivity index (χ0v) is 11.2. The lowest BCUT2D eigenvalue weighted by molar-refractivity contribution is -0.127. The first-order chi connectivity index (χ1) is 7.40. The molecule has 0 aromatic heterocycles. The normalized spacial score (nSPS) is 25.8. The molecular formula is C13H26N2O. The Morgan fingerprint density at radius 1 is 1.44 bits per heavy atom. The molecule has 0 spiro atoms. The fourth-order valence-corrected chi connectivity index (χ4v) is 2.18. The number of rotatable bonds is 4. The van der Waals surface area contributed by atoms with E-state index in [9.17, 15) is 4.79 Å². The largest absolute Gasteiger partial charge is 0.354 e. The number of carbonyl (C=O) groups excluding carboxylic acids is 1. The highest BCUT2D eigenvalue weighted by Crippen LogP contribution is 2.23. The topological polar surface area (TPSA) is 41.1 Å². The molecule has 0 saturated carbocycles. The Hall–Kier alpha value is -0.570. The summed E-state index contributed by atoms with van der Waals surface area (Å²) in [6, 6.07) is 0. The summed E-state index contributed by atoms with van der Waals surface area (Å²) in [5, 5.41) is 6.43. The fraction of sp³-hybridized carbons (Fsp3) is 0.923. The molecule has 1 aliphatic heterocycles. The maximum Gasteiger partial charge on any atom is 0.240 e. The third-order valence-electron chi connectivity index (χ3n) is 3.44. The van der Waals surface area contributed by atoms with E-state index in [2.05, 4.69) is 38.3 Å². The Kier molecular flexibility index (Phi) is 4.36. The first-order valence-corrected chi connectivity index (χ1v) is 6.43. The lowest BCUT2D eigenvalue weighted by Crippen LogP contribution is -2.53. The van der Waals surface area contributed by atoms with Gasteiger partial charge in [-0.15, -0.1) is 0 Å². The van der Waals surface area contributed by atoms with Gasteiger partial charge in [-0.25, -0.2) is 0 Å². The number of carbonyl (C=O) groups is 1. The molecule has 0 aromatic rings. The van der Waals surface area contributed by atoms with E-state index in [1.54, 1.807) is 0 Å². The molecule has 1 amide bonds. The van der Waals surface area contributed by atoms with E-state index in [0.29, 0.717) is 0 Å². The lowest BCUT2D eigenvalue weighted by Gasteiger charge is -2.27. The van der Waals surface area contributed by atoms with Crippen molar-refractivity contribution in [1.29, 1.82) is 0 Å². The van der Waals surface area contributed by atoms with Crippen LogP contribution in [0.2, 0.25) is 0 Å². The molecule has 94 valence electrons. The van der Waals surface area contributed by atoms with Gasteiger partial charge in [-0.05, 0) is 37.6 Å². The van der Waals surface area contributed by atoms with Gasteiger partial charge in [0.25, 0.3) is 0 Å². The average Bonchev–Trinajstić information content (AvgIpc) is 2.65. The monoisotopic (exact) mass is 226 g/mol. The van der Waals surface area contributed by atoms with Crippen LogP contribution in [0.4, 0.5) is 0 Å². The highest BCUT2D eigenvalue weighted by Gasteiger charge is 2.38. The molecule has 0 bridgehead atoms. The SMILES string of the molecule is CCC1(C(=O)NCCC(C)(C)C)CCCN1. The molecule has 3 nitrogen and oxygen atoms in total. The van der Waals surface area contributed by atoms with Crippen molar-refractivity contribution in [2.24, 2.45) is 5.41 Å². The molecule has 1 fully saturated rings. The van der Waals surface area contributed by atoms with Crippen molar-refractivity contribution in [3.05, 3.63) is 0 Å². The van der Waals surface area contributed by atoms with E-state index in [4.69, 9.17) is 0 Å². The molecule has 16 heavy (non-hydrogen) atoms.